The van der Waals surface area contributed by atoms with E-state index in [0.717, 1.165) is 12.3 Å². The molecule has 0 spiro atoms. The fourth-order valence-corrected chi connectivity index (χ4v) is 4.07. The topological polar surface area (TPSA) is 54.5 Å². The number of fused-ring (bicyclic) bond motifs is 3. The van der Waals surface area contributed by atoms with Crippen LogP contribution < -0.4 is 10.1 Å². The number of amides is 1. The Morgan fingerprint density at radius 1 is 1.26 bits per heavy atom. The molecule has 5 rings (SSSR count). The van der Waals surface area contributed by atoms with Crippen LogP contribution in [-0.4, -0.2) is 41.5 Å². The summed E-state index contributed by atoms with van der Waals surface area (Å²) in [7, 11) is 0. The highest BCUT2D eigenvalue weighted by Gasteiger charge is 2.35. The largest absolute Gasteiger partial charge is 0.445 e. The van der Waals surface area contributed by atoms with Crippen molar-refractivity contribution in [1.82, 2.24) is 15.2 Å². The maximum Gasteiger partial charge on any atom is 0.280 e. The smallest absolute Gasteiger partial charge is 0.280 e. The van der Waals surface area contributed by atoms with Crippen LogP contribution in [0.3, 0.4) is 0 Å². The Kier molecular flexibility index (Phi) is 4.01. The predicted octanol–water partition coefficient (Wildman–Crippen LogP) is 2.76. The van der Waals surface area contributed by atoms with Crippen LogP contribution in [0.4, 0.5) is 0 Å². The predicted molar refractivity (Wildman–Crippen MR) is 89.0 cm³/mol. The summed E-state index contributed by atoms with van der Waals surface area (Å²) >= 11 is 1.29. The molecule has 2 bridgehead atoms. The minimum atomic E-state index is -0.0864. The van der Waals surface area contributed by atoms with Crippen molar-refractivity contribution in [3.63, 3.8) is 0 Å². The first-order valence-corrected chi connectivity index (χ1v) is 8.81. The first-order chi connectivity index (χ1) is 11.3. The Labute approximate surface area is 139 Å². The summed E-state index contributed by atoms with van der Waals surface area (Å²) in [6.07, 6.45) is 3.99. The number of nitrogens with zero attached hydrogens (tertiary/aromatic N) is 2. The Bertz CT molecular complexity index is 680. The fourth-order valence-electron chi connectivity index (χ4n) is 3.37. The molecule has 0 unspecified atom stereocenters. The maximum atomic E-state index is 12.4. The number of para-hydroxylation sites is 1. The highest BCUT2D eigenvalue weighted by atomic mass is 32.1. The molecule has 5 nitrogen and oxygen atoms in total. The summed E-state index contributed by atoms with van der Waals surface area (Å²) in [5.41, 5.74) is 0. The highest BCUT2D eigenvalue weighted by Crippen LogP contribution is 2.29. The molecule has 1 amide bonds. The van der Waals surface area contributed by atoms with E-state index in [2.05, 4.69) is 15.2 Å². The summed E-state index contributed by atoms with van der Waals surface area (Å²) in [6, 6.07) is 9.79. The normalized spacial score (nSPS) is 26.0. The molecule has 0 aliphatic carbocycles. The van der Waals surface area contributed by atoms with Crippen LogP contribution in [0, 0.1) is 5.92 Å². The highest BCUT2D eigenvalue weighted by molar-refractivity contribution is 7.15. The molecule has 23 heavy (non-hydrogen) atoms. The molecule has 3 aliphatic heterocycles. The van der Waals surface area contributed by atoms with Gasteiger partial charge in [-0.3, -0.25) is 4.79 Å². The van der Waals surface area contributed by atoms with Crippen LogP contribution in [0.2, 0.25) is 0 Å². The van der Waals surface area contributed by atoms with Crippen molar-refractivity contribution >= 4 is 17.2 Å². The van der Waals surface area contributed by atoms with Gasteiger partial charge in [0.25, 0.3) is 5.91 Å². The lowest BCUT2D eigenvalue weighted by molar-refractivity contribution is 0.0620. The third-order valence-corrected chi connectivity index (χ3v) is 5.49. The Morgan fingerprint density at radius 2 is 2.04 bits per heavy atom. The monoisotopic (exact) mass is 329 g/mol. The molecule has 0 saturated carbocycles. The van der Waals surface area contributed by atoms with Gasteiger partial charge in [0.2, 0.25) is 5.06 Å². The lowest BCUT2D eigenvalue weighted by Gasteiger charge is -2.44. The van der Waals surface area contributed by atoms with Gasteiger partial charge >= 0.3 is 0 Å². The van der Waals surface area contributed by atoms with Crippen molar-refractivity contribution in [1.29, 1.82) is 0 Å². The number of nitrogens with one attached hydrogen (secondary N) is 1. The molecule has 3 fully saturated rings. The second-order valence-electron chi connectivity index (χ2n) is 6.12. The van der Waals surface area contributed by atoms with Crippen molar-refractivity contribution in [2.45, 2.75) is 18.9 Å². The molecular formula is C17H19N3O2S. The van der Waals surface area contributed by atoms with E-state index < -0.39 is 0 Å². The minimum absolute atomic E-state index is 0.0864. The van der Waals surface area contributed by atoms with Gasteiger partial charge in [-0.25, -0.2) is 4.98 Å². The average molecular weight is 329 g/mol. The summed E-state index contributed by atoms with van der Waals surface area (Å²) in [4.78, 5) is 19.1. The van der Waals surface area contributed by atoms with E-state index in [1.54, 1.807) is 6.20 Å². The van der Waals surface area contributed by atoms with Crippen molar-refractivity contribution in [2.24, 2.45) is 5.92 Å². The number of thiazole rings is 1. The van der Waals surface area contributed by atoms with Gasteiger partial charge in [-0.2, -0.15) is 0 Å². The number of carbonyl (C=O) groups is 1. The molecule has 3 aliphatic rings. The molecule has 1 atom stereocenters. The van der Waals surface area contributed by atoms with Gasteiger partial charge in [-0.05, 0) is 44.0 Å². The minimum Gasteiger partial charge on any atom is -0.445 e. The second kappa shape index (κ2) is 6.29. The maximum absolute atomic E-state index is 12.4. The zero-order chi connectivity index (χ0) is 15.6. The van der Waals surface area contributed by atoms with E-state index >= 15 is 0 Å². The number of hydrogen-bond acceptors (Lipinski definition) is 5. The van der Waals surface area contributed by atoms with Crippen molar-refractivity contribution in [3.05, 3.63) is 41.5 Å². The van der Waals surface area contributed by atoms with E-state index in [0.29, 0.717) is 16.0 Å². The summed E-state index contributed by atoms with van der Waals surface area (Å²) < 4.78 is 5.72. The number of benzene rings is 1. The Morgan fingerprint density at radius 3 is 2.74 bits per heavy atom. The van der Waals surface area contributed by atoms with E-state index in [9.17, 15) is 4.79 Å². The Balaban J connectivity index is 1.39. The third-order valence-electron chi connectivity index (χ3n) is 4.61. The van der Waals surface area contributed by atoms with Crippen LogP contribution in [0.15, 0.2) is 36.5 Å². The molecule has 0 radical (unpaired) electrons. The summed E-state index contributed by atoms with van der Waals surface area (Å²) in [5, 5.41) is 4.26. The van der Waals surface area contributed by atoms with Crippen LogP contribution in [0.25, 0.3) is 0 Å². The van der Waals surface area contributed by atoms with Crippen molar-refractivity contribution in [2.75, 3.05) is 19.6 Å². The number of ether oxygens (including phenoxy) is 1. The zero-order valence-electron chi connectivity index (χ0n) is 12.8. The lowest BCUT2D eigenvalue weighted by Crippen LogP contribution is -2.57. The first kappa shape index (κ1) is 14.7. The number of hydrogen-bond donors (Lipinski definition) is 1. The van der Waals surface area contributed by atoms with Gasteiger partial charge in [0.15, 0.2) is 5.01 Å². The SMILES string of the molecule is O=C(N[C@H]1CN2CCC1CC2)c1ncc(Oc2ccccc2)s1. The number of rotatable bonds is 4. The van der Waals surface area contributed by atoms with Crippen LogP contribution in [0.1, 0.15) is 22.6 Å². The molecule has 1 N–H and O–H groups in total. The number of aromatic nitrogens is 1. The molecule has 6 heteroatoms. The van der Waals surface area contributed by atoms with E-state index in [-0.39, 0.29) is 11.9 Å². The summed E-state index contributed by atoms with van der Waals surface area (Å²) in [6.45, 7) is 3.31. The molecule has 120 valence electrons. The van der Waals surface area contributed by atoms with Crippen LogP contribution in [0.5, 0.6) is 10.8 Å². The molecule has 1 aromatic heterocycles. The van der Waals surface area contributed by atoms with Gasteiger partial charge in [0.1, 0.15) is 5.75 Å². The lowest BCUT2D eigenvalue weighted by atomic mass is 9.84. The third kappa shape index (κ3) is 3.23. The van der Waals surface area contributed by atoms with Gasteiger partial charge < -0.3 is 15.0 Å². The van der Waals surface area contributed by atoms with Gasteiger partial charge in [-0.15, -0.1) is 0 Å². The quantitative estimate of drug-likeness (QED) is 0.937. The molecule has 3 saturated heterocycles. The number of carbonyl (C=O) groups excluding carboxylic acids is 1. The molecule has 2 aromatic rings. The van der Waals surface area contributed by atoms with Crippen LogP contribution >= 0.6 is 11.3 Å². The Hall–Kier alpha value is -1.92. The van der Waals surface area contributed by atoms with Gasteiger partial charge in [-0.1, -0.05) is 29.5 Å². The van der Waals surface area contributed by atoms with Gasteiger partial charge in [0.05, 0.1) is 6.20 Å². The van der Waals surface area contributed by atoms with Crippen molar-refractivity contribution in [3.8, 4) is 10.8 Å². The first-order valence-electron chi connectivity index (χ1n) is 8.00. The second-order valence-corrected chi connectivity index (χ2v) is 7.11. The van der Waals surface area contributed by atoms with Crippen molar-refractivity contribution < 1.29 is 9.53 Å². The number of piperidine rings is 3. The van der Waals surface area contributed by atoms with Crippen LogP contribution in [-0.2, 0) is 0 Å². The fraction of sp³-hybridized carbons (Fsp3) is 0.412. The van der Waals surface area contributed by atoms with E-state index in [1.807, 2.05) is 30.3 Å². The summed E-state index contributed by atoms with van der Waals surface area (Å²) in [5.74, 6) is 1.28. The molecular weight excluding hydrogens is 310 g/mol. The molecule has 1 aromatic carbocycles. The van der Waals surface area contributed by atoms with Gasteiger partial charge in [0, 0.05) is 12.6 Å². The average Bonchev–Trinajstić information content (AvgIpc) is 3.05. The molecule has 4 heterocycles. The standard InChI is InChI=1S/C17H19N3O2S/c21-16(19-14-11-20-8-6-12(14)7-9-20)17-18-10-15(23-17)22-13-4-2-1-3-5-13/h1-5,10,12,14H,6-9,11H2,(H,19,21)/t14-/m0/s1. The van der Waals surface area contributed by atoms with E-state index in [4.69, 9.17) is 4.74 Å². The van der Waals surface area contributed by atoms with E-state index in [1.165, 1.54) is 37.3 Å². The zero-order valence-corrected chi connectivity index (χ0v) is 13.6.